The van der Waals surface area contributed by atoms with Gasteiger partial charge >= 0.3 is 0 Å². The molecule has 0 amide bonds. The summed E-state index contributed by atoms with van der Waals surface area (Å²) in [5.41, 5.74) is 5.49. The van der Waals surface area contributed by atoms with E-state index in [1.54, 1.807) is 0 Å². The van der Waals surface area contributed by atoms with E-state index in [2.05, 4.69) is 0 Å². The molecule has 0 radical (unpaired) electrons. The average Bonchev–Trinajstić information content (AvgIpc) is 2.23. The second-order valence-corrected chi connectivity index (χ2v) is 2.93. The zero-order valence-electron chi connectivity index (χ0n) is 5.88. The summed E-state index contributed by atoms with van der Waals surface area (Å²) in [5, 5.41) is 18.5. The number of aliphatic hydroxyl groups excluding tert-OH is 2. The first kappa shape index (κ1) is 7.45. The van der Waals surface area contributed by atoms with Gasteiger partial charge in [-0.25, -0.2) is 0 Å². The summed E-state index contributed by atoms with van der Waals surface area (Å²) >= 11 is 0. The van der Waals surface area contributed by atoms with Crippen molar-refractivity contribution in [3.63, 3.8) is 0 Å². The van der Waals surface area contributed by atoms with Crippen molar-refractivity contribution in [2.75, 3.05) is 6.61 Å². The second-order valence-electron chi connectivity index (χ2n) is 2.93. The molecule has 2 aliphatic rings. The van der Waals surface area contributed by atoms with Gasteiger partial charge in [0.25, 0.3) is 0 Å². The molecule has 0 saturated carbocycles. The maximum absolute atomic E-state index is 9.36. The summed E-state index contributed by atoms with van der Waals surface area (Å²) in [6.45, 7) is 0.316. The van der Waals surface area contributed by atoms with Crippen LogP contribution in [0.25, 0.3) is 0 Å². The maximum Gasteiger partial charge on any atom is 0.173 e. The number of fused-ring (bicyclic) bond motifs is 2. The van der Waals surface area contributed by atoms with Gasteiger partial charge in [-0.15, -0.1) is 0 Å². The van der Waals surface area contributed by atoms with E-state index < -0.39 is 30.6 Å². The SMILES string of the molecule is N[C@H]1C(O)O[C@@H]2CO[C@H]1[C@H]2O. The van der Waals surface area contributed by atoms with Crippen LogP contribution in [0, 0.1) is 0 Å². The van der Waals surface area contributed by atoms with Gasteiger partial charge in [-0.05, 0) is 0 Å². The van der Waals surface area contributed by atoms with Gasteiger partial charge in [-0.2, -0.15) is 0 Å². The Kier molecular flexibility index (Phi) is 1.62. The predicted molar refractivity (Wildman–Crippen MR) is 34.6 cm³/mol. The lowest BCUT2D eigenvalue weighted by atomic mass is 10.0. The molecular formula is C6H11NO4. The molecule has 5 heteroatoms. The van der Waals surface area contributed by atoms with Gasteiger partial charge in [0.1, 0.15) is 18.3 Å². The number of ether oxygens (including phenoxy) is 2. The minimum Gasteiger partial charge on any atom is -0.388 e. The van der Waals surface area contributed by atoms with E-state index in [0.717, 1.165) is 0 Å². The molecule has 2 rings (SSSR count). The molecule has 11 heavy (non-hydrogen) atoms. The van der Waals surface area contributed by atoms with E-state index in [4.69, 9.17) is 20.3 Å². The van der Waals surface area contributed by atoms with Crippen LogP contribution < -0.4 is 5.73 Å². The number of aliphatic hydroxyl groups is 2. The van der Waals surface area contributed by atoms with Gasteiger partial charge in [0.15, 0.2) is 6.29 Å². The highest BCUT2D eigenvalue weighted by atomic mass is 16.7. The Bertz CT molecular complexity index is 165. The first-order valence-electron chi connectivity index (χ1n) is 3.59. The third-order valence-corrected chi connectivity index (χ3v) is 2.19. The van der Waals surface area contributed by atoms with Crippen LogP contribution in [0.2, 0.25) is 0 Å². The highest BCUT2D eigenvalue weighted by Gasteiger charge is 2.48. The molecule has 5 nitrogen and oxygen atoms in total. The molecule has 2 saturated heterocycles. The summed E-state index contributed by atoms with van der Waals surface area (Å²) < 4.78 is 10.1. The van der Waals surface area contributed by atoms with Gasteiger partial charge in [0.05, 0.1) is 12.6 Å². The van der Waals surface area contributed by atoms with Gasteiger partial charge in [-0.1, -0.05) is 0 Å². The molecule has 4 N–H and O–H groups in total. The molecule has 0 aromatic heterocycles. The smallest absolute Gasteiger partial charge is 0.173 e. The summed E-state index contributed by atoms with van der Waals surface area (Å²) in [4.78, 5) is 0. The second kappa shape index (κ2) is 2.40. The Morgan fingerprint density at radius 2 is 2.09 bits per heavy atom. The van der Waals surface area contributed by atoms with Crippen LogP contribution in [0.15, 0.2) is 0 Å². The first-order chi connectivity index (χ1) is 5.20. The molecule has 2 bridgehead atoms. The van der Waals surface area contributed by atoms with E-state index >= 15 is 0 Å². The van der Waals surface area contributed by atoms with Crippen molar-refractivity contribution < 1.29 is 19.7 Å². The Hall–Kier alpha value is -0.200. The molecule has 0 aromatic carbocycles. The van der Waals surface area contributed by atoms with Crippen molar-refractivity contribution in [2.45, 2.75) is 30.6 Å². The number of hydrogen-bond donors (Lipinski definition) is 3. The molecule has 0 spiro atoms. The van der Waals surface area contributed by atoms with Gasteiger partial charge in [0.2, 0.25) is 0 Å². The van der Waals surface area contributed by atoms with E-state index in [1.165, 1.54) is 0 Å². The fraction of sp³-hybridized carbons (Fsp3) is 1.00. The largest absolute Gasteiger partial charge is 0.388 e. The highest BCUT2D eigenvalue weighted by molar-refractivity contribution is 4.96. The Morgan fingerprint density at radius 1 is 1.36 bits per heavy atom. The predicted octanol–water partition coefficient (Wildman–Crippen LogP) is -2.21. The molecule has 1 unspecified atom stereocenters. The van der Waals surface area contributed by atoms with Crippen molar-refractivity contribution in [2.24, 2.45) is 5.73 Å². The summed E-state index contributed by atoms with van der Waals surface area (Å²) in [7, 11) is 0. The highest BCUT2D eigenvalue weighted by Crippen LogP contribution is 2.27. The van der Waals surface area contributed by atoms with E-state index in [1.807, 2.05) is 0 Å². The monoisotopic (exact) mass is 161 g/mol. The molecule has 2 heterocycles. The summed E-state index contributed by atoms with van der Waals surface area (Å²) in [6, 6.07) is -0.635. The van der Waals surface area contributed by atoms with Crippen LogP contribution in [0.3, 0.4) is 0 Å². The number of nitrogens with two attached hydrogens (primary N) is 1. The zero-order valence-corrected chi connectivity index (χ0v) is 5.88. The van der Waals surface area contributed by atoms with Crippen LogP contribution in [0.5, 0.6) is 0 Å². The minimum atomic E-state index is -1.00. The fourth-order valence-electron chi connectivity index (χ4n) is 1.51. The van der Waals surface area contributed by atoms with Crippen LogP contribution in [0.4, 0.5) is 0 Å². The normalized spacial score (nSPS) is 56.5. The average molecular weight is 161 g/mol. The van der Waals surface area contributed by atoms with Crippen molar-refractivity contribution in [1.82, 2.24) is 0 Å². The van der Waals surface area contributed by atoms with Crippen molar-refractivity contribution in [1.29, 1.82) is 0 Å². The van der Waals surface area contributed by atoms with Crippen molar-refractivity contribution in [3.05, 3.63) is 0 Å². The minimum absolute atomic E-state index is 0.316. The standard InChI is InChI=1S/C6H11NO4/c7-3-5-4(8)2(1-10-5)11-6(3)9/h2-6,8-9H,1,7H2/t2-,3-,4+,5-,6?/m1/s1. The van der Waals surface area contributed by atoms with Crippen LogP contribution in [-0.4, -0.2) is 47.5 Å². The Morgan fingerprint density at radius 3 is 2.82 bits per heavy atom. The Labute approximate surface area is 63.7 Å². The third kappa shape index (κ3) is 0.969. The lowest BCUT2D eigenvalue weighted by molar-refractivity contribution is -0.198. The lowest BCUT2D eigenvalue weighted by Gasteiger charge is -2.32. The fourth-order valence-corrected chi connectivity index (χ4v) is 1.51. The lowest BCUT2D eigenvalue weighted by Crippen LogP contribution is -2.57. The molecular weight excluding hydrogens is 150 g/mol. The third-order valence-electron chi connectivity index (χ3n) is 2.19. The van der Waals surface area contributed by atoms with Crippen molar-refractivity contribution in [3.8, 4) is 0 Å². The number of hydrogen-bond acceptors (Lipinski definition) is 5. The molecule has 64 valence electrons. The molecule has 0 aromatic rings. The summed E-state index contributed by atoms with van der Waals surface area (Å²) in [5.74, 6) is 0. The first-order valence-corrected chi connectivity index (χ1v) is 3.59. The topological polar surface area (TPSA) is 84.9 Å². The van der Waals surface area contributed by atoms with Gasteiger partial charge in [-0.3, -0.25) is 0 Å². The molecule has 5 atom stereocenters. The zero-order chi connectivity index (χ0) is 8.01. The number of rotatable bonds is 0. The molecule has 2 fully saturated rings. The van der Waals surface area contributed by atoms with E-state index in [-0.39, 0.29) is 0 Å². The Balaban J connectivity index is 2.16. The molecule has 2 aliphatic heterocycles. The van der Waals surface area contributed by atoms with Crippen LogP contribution >= 0.6 is 0 Å². The van der Waals surface area contributed by atoms with Crippen molar-refractivity contribution >= 4 is 0 Å². The van der Waals surface area contributed by atoms with Gasteiger partial charge < -0.3 is 25.4 Å². The summed E-state index contributed by atoms with van der Waals surface area (Å²) in [6.07, 6.45) is -2.57. The van der Waals surface area contributed by atoms with Crippen LogP contribution in [0.1, 0.15) is 0 Å². The van der Waals surface area contributed by atoms with E-state index in [0.29, 0.717) is 6.61 Å². The molecule has 0 aliphatic carbocycles. The van der Waals surface area contributed by atoms with Gasteiger partial charge in [0, 0.05) is 0 Å². The van der Waals surface area contributed by atoms with Crippen LogP contribution in [-0.2, 0) is 9.47 Å². The quantitative estimate of drug-likeness (QED) is 0.375. The maximum atomic E-state index is 9.36. The van der Waals surface area contributed by atoms with E-state index in [9.17, 15) is 5.11 Å².